The third-order valence-corrected chi connectivity index (χ3v) is 5.43. The summed E-state index contributed by atoms with van der Waals surface area (Å²) in [7, 11) is 1.56. The van der Waals surface area contributed by atoms with Crippen LogP contribution in [0.25, 0.3) is 6.08 Å². The summed E-state index contributed by atoms with van der Waals surface area (Å²) in [6.07, 6.45) is 1.69. The lowest BCUT2D eigenvalue weighted by Crippen LogP contribution is -2.27. The first-order valence-corrected chi connectivity index (χ1v) is 10.0. The van der Waals surface area contributed by atoms with Gasteiger partial charge in [0.15, 0.2) is 15.8 Å². The van der Waals surface area contributed by atoms with Gasteiger partial charge in [0, 0.05) is 0 Å². The number of thioether (sulfide) groups is 1. The summed E-state index contributed by atoms with van der Waals surface area (Å²) in [6.45, 7) is 2.42. The molecule has 1 aliphatic heterocycles. The highest BCUT2D eigenvalue weighted by molar-refractivity contribution is 8.27. The van der Waals surface area contributed by atoms with Gasteiger partial charge in [-0.05, 0) is 48.4 Å². The van der Waals surface area contributed by atoms with Gasteiger partial charge in [-0.1, -0.05) is 42.2 Å². The molecule has 0 atom stereocenters. The zero-order valence-corrected chi connectivity index (χ0v) is 17.5. The molecule has 0 saturated carbocycles. The topological polar surface area (TPSA) is 76.1 Å². The van der Waals surface area contributed by atoms with Gasteiger partial charge in [-0.25, -0.2) is 0 Å². The smallest absolute Gasteiger partial charge is 0.307 e. The summed E-state index contributed by atoms with van der Waals surface area (Å²) in [4.78, 5) is 25.7. The molecule has 0 bridgehead atoms. The number of carboxylic acids is 1. The number of benzene rings is 2. The first-order valence-electron chi connectivity index (χ1n) is 8.82. The van der Waals surface area contributed by atoms with Crippen molar-refractivity contribution in [3.8, 4) is 11.5 Å². The molecule has 0 spiro atoms. The van der Waals surface area contributed by atoms with Crippen molar-refractivity contribution in [3.63, 3.8) is 0 Å². The summed E-state index contributed by atoms with van der Waals surface area (Å²) in [6, 6.07) is 12.2. The number of thiocarbonyl (C=S) groups is 1. The number of carboxylic acid groups (broad SMARTS) is 1. The van der Waals surface area contributed by atoms with Crippen LogP contribution in [0.5, 0.6) is 11.5 Å². The van der Waals surface area contributed by atoms with Crippen LogP contribution in [0, 0.1) is 0 Å². The second-order valence-corrected chi connectivity index (χ2v) is 7.77. The van der Waals surface area contributed by atoms with Crippen molar-refractivity contribution in [2.75, 3.05) is 18.6 Å². The Bertz CT molecular complexity index is 985. The van der Waals surface area contributed by atoms with E-state index < -0.39 is 5.97 Å². The molecule has 1 N–H and O–H groups in total. The van der Waals surface area contributed by atoms with E-state index in [2.05, 4.69) is 0 Å². The molecule has 0 unspecified atom stereocenters. The van der Waals surface area contributed by atoms with Crippen LogP contribution >= 0.6 is 24.0 Å². The molecule has 8 heteroatoms. The van der Waals surface area contributed by atoms with E-state index in [0.29, 0.717) is 38.6 Å². The van der Waals surface area contributed by atoms with Crippen LogP contribution in [0.3, 0.4) is 0 Å². The number of anilines is 1. The minimum Gasteiger partial charge on any atom is -0.493 e. The normalized spacial score (nSPS) is 15.1. The molecule has 1 aliphatic rings. The van der Waals surface area contributed by atoms with Gasteiger partial charge in [0.25, 0.3) is 5.91 Å². The van der Waals surface area contributed by atoms with Gasteiger partial charge in [0.1, 0.15) is 0 Å². The van der Waals surface area contributed by atoms with Crippen LogP contribution < -0.4 is 14.4 Å². The maximum atomic E-state index is 12.9. The number of hydrogen-bond donors (Lipinski definition) is 1. The van der Waals surface area contributed by atoms with E-state index in [0.717, 1.165) is 5.56 Å². The minimum atomic E-state index is -0.905. The van der Waals surface area contributed by atoms with Crippen molar-refractivity contribution in [3.05, 3.63) is 58.5 Å². The fourth-order valence-electron chi connectivity index (χ4n) is 2.83. The van der Waals surface area contributed by atoms with Gasteiger partial charge >= 0.3 is 5.97 Å². The fourth-order valence-corrected chi connectivity index (χ4v) is 4.13. The number of carbonyl (C=O) groups excluding carboxylic acids is 1. The van der Waals surface area contributed by atoms with E-state index in [1.807, 2.05) is 13.0 Å². The maximum absolute atomic E-state index is 12.9. The second kappa shape index (κ2) is 9.11. The van der Waals surface area contributed by atoms with E-state index >= 15 is 0 Å². The first kappa shape index (κ1) is 20.9. The van der Waals surface area contributed by atoms with Gasteiger partial charge in [-0.15, -0.1) is 0 Å². The lowest BCUT2D eigenvalue weighted by atomic mass is 10.1. The number of hydrogen-bond acceptors (Lipinski definition) is 6. The summed E-state index contributed by atoms with van der Waals surface area (Å²) >= 11 is 6.60. The Hall–Kier alpha value is -2.84. The molecule has 29 heavy (non-hydrogen) atoms. The Morgan fingerprint density at radius 2 is 1.93 bits per heavy atom. The lowest BCUT2D eigenvalue weighted by molar-refractivity contribution is -0.136. The Labute approximate surface area is 178 Å². The summed E-state index contributed by atoms with van der Waals surface area (Å²) in [5.74, 6) is 0.0992. The SMILES string of the molecule is CCOc1ccc(/C=C2\SC(=S)N(c3ccc(CC(=O)O)cc3)C2=O)cc1OC. The molecular formula is C21H19NO5S2. The van der Waals surface area contributed by atoms with Crippen molar-refractivity contribution in [2.45, 2.75) is 13.3 Å². The predicted molar refractivity (Wildman–Crippen MR) is 118 cm³/mol. The molecule has 2 aromatic rings. The Balaban J connectivity index is 1.84. The van der Waals surface area contributed by atoms with E-state index in [1.165, 1.54) is 16.7 Å². The largest absolute Gasteiger partial charge is 0.493 e. The molecular weight excluding hydrogens is 410 g/mol. The van der Waals surface area contributed by atoms with E-state index in [1.54, 1.807) is 49.6 Å². The fraction of sp³-hybridized carbons (Fsp3) is 0.190. The van der Waals surface area contributed by atoms with Crippen molar-refractivity contribution < 1.29 is 24.2 Å². The molecule has 150 valence electrons. The van der Waals surface area contributed by atoms with Gasteiger partial charge in [0.2, 0.25) is 0 Å². The highest BCUT2D eigenvalue weighted by atomic mass is 32.2. The van der Waals surface area contributed by atoms with Crippen molar-refractivity contribution >= 4 is 51.9 Å². The maximum Gasteiger partial charge on any atom is 0.307 e. The van der Waals surface area contributed by atoms with Crippen LogP contribution in [0.2, 0.25) is 0 Å². The van der Waals surface area contributed by atoms with Gasteiger partial charge in [-0.3, -0.25) is 14.5 Å². The molecule has 1 fully saturated rings. The molecule has 0 radical (unpaired) electrons. The number of rotatable bonds is 7. The zero-order valence-electron chi connectivity index (χ0n) is 15.9. The first-order chi connectivity index (χ1) is 13.9. The van der Waals surface area contributed by atoms with Crippen LogP contribution in [0.4, 0.5) is 5.69 Å². The van der Waals surface area contributed by atoms with Gasteiger partial charge in [-0.2, -0.15) is 0 Å². The molecule has 2 aromatic carbocycles. The number of methoxy groups -OCH3 is 1. The highest BCUT2D eigenvalue weighted by Gasteiger charge is 2.33. The molecule has 1 amide bonds. The van der Waals surface area contributed by atoms with Gasteiger partial charge in [0.05, 0.1) is 30.7 Å². The lowest BCUT2D eigenvalue weighted by Gasteiger charge is -2.14. The summed E-state index contributed by atoms with van der Waals surface area (Å²) < 4.78 is 11.3. The number of carbonyl (C=O) groups is 2. The standard InChI is InChI=1S/C21H19NO5S2/c1-3-27-16-9-6-14(10-17(16)26-2)11-18-20(25)22(21(28)29-18)15-7-4-13(5-8-15)12-19(23)24/h4-11H,3,12H2,1-2H3,(H,23,24)/b18-11-. The Morgan fingerprint density at radius 1 is 1.21 bits per heavy atom. The van der Waals surface area contributed by atoms with E-state index in [-0.39, 0.29) is 12.3 Å². The molecule has 1 saturated heterocycles. The monoisotopic (exact) mass is 429 g/mol. The average Bonchev–Trinajstić information content (AvgIpc) is 2.96. The quantitative estimate of drug-likeness (QED) is 0.524. The van der Waals surface area contributed by atoms with Crippen LogP contribution in [0.15, 0.2) is 47.4 Å². The number of nitrogens with zero attached hydrogens (tertiary/aromatic N) is 1. The minimum absolute atomic E-state index is 0.0713. The van der Waals surface area contributed by atoms with E-state index in [4.69, 9.17) is 26.8 Å². The molecule has 3 rings (SSSR count). The Kier molecular flexibility index (Phi) is 6.56. The van der Waals surface area contributed by atoms with Crippen LogP contribution in [-0.2, 0) is 16.0 Å². The van der Waals surface area contributed by atoms with Crippen LogP contribution in [0.1, 0.15) is 18.1 Å². The van der Waals surface area contributed by atoms with Crippen molar-refractivity contribution in [1.82, 2.24) is 0 Å². The molecule has 0 aliphatic carbocycles. The number of amides is 1. The molecule has 1 heterocycles. The summed E-state index contributed by atoms with van der Waals surface area (Å²) in [5.41, 5.74) is 2.06. The second-order valence-electron chi connectivity index (χ2n) is 6.10. The Morgan fingerprint density at radius 3 is 2.55 bits per heavy atom. The van der Waals surface area contributed by atoms with Crippen LogP contribution in [-0.4, -0.2) is 35.0 Å². The predicted octanol–water partition coefficient (Wildman–Crippen LogP) is 4.13. The average molecular weight is 430 g/mol. The number of ether oxygens (including phenoxy) is 2. The van der Waals surface area contributed by atoms with E-state index in [9.17, 15) is 9.59 Å². The third-order valence-electron chi connectivity index (χ3n) is 4.13. The zero-order chi connectivity index (χ0) is 21.0. The molecule has 6 nitrogen and oxygen atoms in total. The van der Waals surface area contributed by atoms with Crippen molar-refractivity contribution in [1.29, 1.82) is 0 Å². The highest BCUT2D eigenvalue weighted by Crippen LogP contribution is 2.37. The number of aliphatic carboxylic acids is 1. The van der Waals surface area contributed by atoms with Gasteiger partial charge < -0.3 is 14.6 Å². The third kappa shape index (κ3) is 4.78. The summed E-state index contributed by atoms with van der Waals surface area (Å²) in [5, 5.41) is 8.88. The molecule has 0 aromatic heterocycles. The van der Waals surface area contributed by atoms with Crippen molar-refractivity contribution in [2.24, 2.45) is 0 Å².